The normalized spacial score (nSPS) is 25.3. The minimum atomic E-state index is -5.02. The molecule has 0 spiro atoms. The van der Waals surface area contributed by atoms with E-state index in [0.29, 0.717) is 4.90 Å². The average Bonchev–Trinajstić information content (AvgIpc) is 2.59. The van der Waals surface area contributed by atoms with Gasteiger partial charge in [0.2, 0.25) is 0 Å². The van der Waals surface area contributed by atoms with Gasteiger partial charge in [-0.2, -0.15) is 13.2 Å². The van der Waals surface area contributed by atoms with Gasteiger partial charge in [0.05, 0.1) is 17.6 Å². The van der Waals surface area contributed by atoms with Gasteiger partial charge in [-0.3, -0.25) is 9.59 Å². The van der Waals surface area contributed by atoms with Crippen LogP contribution in [0.2, 0.25) is 0 Å². The van der Waals surface area contributed by atoms with Crippen molar-refractivity contribution in [2.75, 3.05) is 13.1 Å². The quantitative estimate of drug-likeness (QED) is 0.770. The van der Waals surface area contributed by atoms with Gasteiger partial charge < -0.3 is 15.1 Å². The lowest BCUT2D eigenvalue weighted by atomic mass is 9.74. The third-order valence-electron chi connectivity index (χ3n) is 3.48. The van der Waals surface area contributed by atoms with Gasteiger partial charge in [0, 0.05) is 6.54 Å². The fourth-order valence-electron chi connectivity index (χ4n) is 1.86. The zero-order chi connectivity index (χ0) is 14.4. The Balaban J connectivity index is 2.89. The van der Waals surface area contributed by atoms with E-state index < -0.39 is 35.6 Å². The maximum Gasteiger partial charge on any atom is 0.471 e. The zero-order valence-electron chi connectivity index (χ0n) is 9.91. The van der Waals surface area contributed by atoms with Crippen LogP contribution in [0.15, 0.2) is 0 Å². The number of nitrogens with zero attached hydrogens (tertiary/aromatic N) is 1. The van der Waals surface area contributed by atoms with Crippen molar-refractivity contribution in [1.82, 2.24) is 4.90 Å². The number of likely N-dealkylation sites (tertiary alicyclic amines) is 1. The summed E-state index contributed by atoms with van der Waals surface area (Å²) in [7, 11) is 0. The molecule has 2 N–H and O–H groups in total. The molecule has 1 fully saturated rings. The molecule has 1 heterocycles. The Morgan fingerprint density at radius 1 is 1.28 bits per heavy atom. The summed E-state index contributed by atoms with van der Waals surface area (Å²) in [6, 6.07) is 0. The van der Waals surface area contributed by atoms with Crippen molar-refractivity contribution in [1.29, 1.82) is 0 Å². The Bertz CT molecular complexity index is 380. The van der Waals surface area contributed by atoms with Crippen molar-refractivity contribution in [3.8, 4) is 0 Å². The summed E-state index contributed by atoms with van der Waals surface area (Å²) in [5.41, 5.74) is -3.49. The van der Waals surface area contributed by atoms with Gasteiger partial charge in [-0.05, 0) is 20.3 Å². The van der Waals surface area contributed by atoms with E-state index in [1.54, 1.807) is 0 Å². The molecule has 104 valence electrons. The monoisotopic (exact) mass is 269 g/mol. The summed E-state index contributed by atoms with van der Waals surface area (Å²) in [4.78, 5) is 22.4. The smallest absolute Gasteiger partial charge is 0.471 e. The molecular formula is C10H14F3NO4. The molecule has 0 aromatic rings. The van der Waals surface area contributed by atoms with Gasteiger partial charge in [0.25, 0.3) is 0 Å². The van der Waals surface area contributed by atoms with E-state index in [0.717, 1.165) is 0 Å². The molecular weight excluding hydrogens is 255 g/mol. The lowest BCUT2D eigenvalue weighted by molar-refractivity contribution is -0.186. The molecule has 0 bridgehead atoms. The fourth-order valence-corrected chi connectivity index (χ4v) is 1.86. The van der Waals surface area contributed by atoms with Crippen molar-refractivity contribution in [3.05, 3.63) is 0 Å². The van der Waals surface area contributed by atoms with Crippen LogP contribution < -0.4 is 0 Å². The molecule has 0 aliphatic carbocycles. The van der Waals surface area contributed by atoms with Crippen LogP contribution in [0.1, 0.15) is 20.3 Å². The molecule has 1 saturated heterocycles. The van der Waals surface area contributed by atoms with Crippen LogP contribution in [0.25, 0.3) is 0 Å². The van der Waals surface area contributed by atoms with E-state index in [-0.39, 0.29) is 13.0 Å². The first-order valence-corrected chi connectivity index (χ1v) is 5.24. The number of carbonyl (C=O) groups is 2. The number of amides is 1. The molecule has 1 unspecified atom stereocenters. The van der Waals surface area contributed by atoms with Crippen LogP contribution in [-0.4, -0.2) is 51.9 Å². The van der Waals surface area contributed by atoms with Crippen LogP contribution >= 0.6 is 0 Å². The topological polar surface area (TPSA) is 77.8 Å². The van der Waals surface area contributed by atoms with E-state index >= 15 is 0 Å². The molecule has 5 nitrogen and oxygen atoms in total. The highest BCUT2D eigenvalue weighted by Crippen LogP contribution is 2.39. The van der Waals surface area contributed by atoms with Crippen molar-refractivity contribution >= 4 is 11.9 Å². The molecule has 8 heteroatoms. The van der Waals surface area contributed by atoms with Gasteiger partial charge in [-0.15, -0.1) is 0 Å². The molecule has 1 aliphatic heterocycles. The number of carboxylic acids is 1. The van der Waals surface area contributed by atoms with E-state index in [4.69, 9.17) is 5.11 Å². The highest BCUT2D eigenvalue weighted by Gasteiger charge is 2.56. The molecule has 1 atom stereocenters. The molecule has 1 aliphatic rings. The SMILES string of the molecule is CC(C)(C(=O)O)C1(O)CCN(C(=O)C(F)(F)F)C1. The standard InChI is InChI=1S/C10H14F3NO4/c1-8(2,7(16)17)9(18)3-4-14(5-9)6(15)10(11,12)13/h18H,3-5H2,1-2H3,(H,16,17). The number of carbonyl (C=O) groups excluding carboxylic acids is 1. The van der Waals surface area contributed by atoms with Crippen LogP contribution in [0.4, 0.5) is 13.2 Å². The molecule has 1 amide bonds. The second-order valence-electron chi connectivity index (χ2n) is 4.94. The minimum Gasteiger partial charge on any atom is -0.481 e. The summed E-state index contributed by atoms with van der Waals surface area (Å²) < 4.78 is 36.7. The number of halogens is 3. The van der Waals surface area contributed by atoms with Gasteiger partial charge in [-0.1, -0.05) is 0 Å². The molecule has 18 heavy (non-hydrogen) atoms. The molecule has 0 saturated carbocycles. The molecule has 0 radical (unpaired) electrons. The number of carboxylic acid groups (broad SMARTS) is 1. The Labute approximate surface area is 101 Å². The van der Waals surface area contributed by atoms with E-state index in [9.17, 15) is 27.9 Å². The third kappa shape index (κ3) is 2.29. The first kappa shape index (κ1) is 14.7. The number of aliphatic carboxylic acids is 1. The third-order valence-corrected chi connectivity index (χ3v) is 3.48. The highest BCUT2D eigenvalue weighted by atomic mass is 19.4. The van der Waals surface area contributed by atoms with Crippen LogP contribution in [-0.2, 0) is 9.59 Å². The highest BCUT2D eigenvalue weighted by molar-refractivity contribution is 5.83. The van der Waals surface area contributed by atoms with Crippen molar-refractivity contribution in [3.63, 3.8) is 0 Å². The number of β-amino-alcohol motifs (C(OH)–C–C–N with tert-alkyl or cyclic N) is 1. The Kier molecular flexibility index (Phi) is 3.37. The van der Waals surface area contributed by atoms with Gasteiger partial charge in [0.15, 0.2) is 0 Å². The lowest BCUT2D eigenvalue weighted by Crippen LogP contribution is -2.52. The number of aliphatic hydroxyl groups is 1. The van der Waals surface area contributed by atoms with Crippen molar-refractivity contribution in [2.24, 2.45) is 5.41 Å². The number of hydrogen-bond acceptors (Lipinski definition) is 3. The van der Waals surface area contributed by atoms with Crippen molar-refractivity contribution < 1.29 is 33.0 Å². The second kappa shape index (κ2) is 4.11. The van der Waals surface area contributed by atoms with Gasteiger partial charge in [0.1, 0.15) is 0 Å². The van der Waals surface area contributed by atoms with Crippen LogP contribution in [0, 0.1) is 5.41 Å². The lowest BCUT2D eigenvalue weighted by Gasteiger charge is -2.36. The maximum absolute atomic E-state index is 12.2. The summed E-state index contributed by atoms with van der Waals surface area (Å²) >= 11 is 0. The predicted molar refractivity (Wildman–Crippen MR) is 53.6 cm³/mol. The van der Waals surface area contributed by atoms with E-state index in [2.05, 4.69) is 0 Å². The summed E-state index contributed by atoms with van der Waals surface area (Å²) in [6.07, 6.45) is -5.22. The first-order chi connectivity index (χ1) is 7.92. The van der Waals surface area contributed by atoms with Crippen LogP contribution in [0.5, 0.6) is 0 Å². The zero-order valence-corrected chi connectivity index (χ0v) is 9.91. The average molecular weight is 269 g/mol. The number of hydrogen-bond donors (Lipinski definition) is 2. The summed E-state index contributed by atoms with van der Waals surface area (Å²) in [5.74, 6) is -3.38. The summed E-state index contributed by atoms with van der Waals surface area (Å²) in [5, 5.41) is 19.1. The molecule has 0 aromatic heterocycles. The van der Waals surface area contributed by atoms with E-state index in [1.807, 2.05) is 0 Å². The van der Waals surface area contributed by atoms with Crippen molar-refractivity contribution in [2.45, 2.75) is 32.0 Å². The Morgan fingerprint density at radius 3 is 2.17 bits per heavy atom. The predicted octanol–water partition coefficient (Wildman–Crippen LogP) is 0.623. The fraction of sp³-hybridized carbons (Fsp3) is 0.800. The second-order valence-corrected chi connectivity index (χ2v) is 4.94. The largest absolute Gasteiger partial charge is 0.481 e. The van der Waals surface area contributed by atoms with Gasteiger partial charge >= 0.3 is 18.1 Å². The van der Waals surface area contributed by atoms with Gasteiger partial charge in [-0.25, -0.2) is 0 Å². The van der Waals surface area contributed by atoms with Crippen LogP contribution in [0.3, 0.4) is 0 Å². The van der Waals surface area contributed by atoms with E-state index in [1.165, 1.54) is 13.8 Å². The Hall–Kier alpha value is -1.31. The molecule has 0 aromatic carbocycles. The maximum atomic E-state index is 12.2. The molecule has 1 rings (SSSR count). The first-order valence-electron chi connectivity index (χ1n) is 5.24. The number of alkyl halides is 3. The summed E-state index contributed by atoms with van der Waals surface area (Å²) in [6.45, 7) is 1.49. The minimum absolute atomic E-state index is 0.200. The number of rotatable bonds is 2. The Morgan fingerprint density at radius 2 is 1.78 bits per heavy atom.